The van der Waals surface area contributed by atoms with Crippen molar-refractivity contribution in [2.45, 2.75) is 32.2 Å². The molecule has 0 saturated heterocycles. The summed E-state index contributed by atoms with van der Waals surface area (Å²) in [4.78, 5) is 13.7. The van der Waals surface area contributed by atoms with E-state index < -0.39 is 43.1 Å². The first-order chi connectivity index (χ1) is 22.5. The van der Waals surface area contributed by atoms with Crippen LogP contribution in [-0.4, -0.2) is 24.4 Å². The van der Waals surface area contributed by atoms with Gasteiger partial charge in [-0.15, -0.1) is 0 Å². The van der Waals surface area contributed by atoms with E-state index in [2.05, 4.69) is 0 Å². The Bertz CT molecular complexity index is 1700. The second-order valence-electron chi connectivity index (χ2n) is 10.3. The normalized spacial score (nSPS) is 11.6. The standard InChI is InChI=1S/C36H27F6O4P.Li.H/c37-35(38,39)28-17-10-18-29(36(40,41)42)32(28)34(43)47-33-30(45-22-25-13-6-2-7-14-25)19-27(44-21-24-11-4-1-5-12-24)20-31(33)46-23-26-15-8-3-9-16-26;;/h1-20,47H,21-23H2;;. The summed E-state index contributed by atoms with van der Waals surface area (Å²) in [5, 5.41) is -0.000902. The molecule has 0 radical (unpaired) electrons. The summed E-state index contributed by atoms with van der Waals surface area (Å²) in [7, 11) is -1.23. The fraction of sp³-hybridized carbons (Fsp3) is 0.139. The molecule has 0 bridgehead atoms. The summed E-state index contributed by atoms with van der Waals surface area (Å²) in [6.07, 6.45) is -10.4. The molecule has 0 N–H and O–H groups in total. The number of alkyl halides is 6. The maximum absolute atomic E-state index is 14.0. The molecule has 0 saturated carbocycles. The molecular formula is C36H28F6LiO4P. The van der Waals surface area contributed by atoms with Crippen molar-refractivity contribution in [3.05, 3.63) is 155 Å². The zero-order valence-electron chi connectivity index (χ0n) is 24.6. The van der Waals surface area contributed by atoms with E-state index in [1.54, 1.807) is 60.7 Å². The predicted molar refractivity (Wildman–Crippen MR) is 175 cm³/mol. The monoisotopic (exact) mass is 676 g/mol. The average Bonchev–Trinajstić information content (AvgIpc) is 3.06. The third-order valence-corrected chi connectivity index (χ3v) is 8.12. The molecule has 0 amide bonds. The first kappa shape index (κ1) is 36.6. The molecule has 5 rings (SSSR count). The fourth-order valence-corrected chi connectivity index (χ4v) is 5.81. The summed E-state index contributed by atoms with van der Waals surface area (Å²) in [6, 6.07) is 31.6. The number of halogens is 6. The number of rotatable bonds is 12. The first-order valence-corrected chi connectivity index (χ1v) is 15.3. The Balaban J connectivity index is 0.00000520. The predicted octanol–water partition coefficient (Wildman–Crippen LogP) is 8.96. The topological polar surface area (TPSA) is 44.8 Å². The summed E-state index contributed by atoms with van der Waals surface area (Å²) < 4.78 is 102. The van der Waals surface area contributed by atoms with Crippen LogP contribution in [0.5, 0.6) is 17.2 Å². The van der Waals surface area contributed by atoms with Crippen molar-refractivity contribution >= 4 is 38.3 Å². The zero-order chi connectivity index (χ0) is 33.4. The van der Waals surface area contributed by atoms with Crippen molar-refractivity contribution in [1.29, 1.82) is 0 Å². The molecule has 5 aromatic rings. The van der Waals surface area contributed by atoms with Crippen LogP contribution in [0.25, 0.3) is 0 Å². The van der Waals surface area contributed by atoms with Crippen molar-refractivity contribution in [2.24, 2.45) is 0 Å². The number of benzene rings is 5. The van der Waals surface area contributed by atoms with E-state index in [1.165, 1.54) is 12.1 Å². The number of hydrogen-bond donors (Lipinski definition) is 0. The van der Waals surface area contributed by atoms with Crippen LogP contribution in [0, 0.1) is 0 Å². The van der Waals surface area contributed by atoms with Crippen LogP contribution < -0.4 is 19.5 Å². The Morgan fingerprint density at radius 1 is 0.542 bits per heavy atom. The van der Waals surface area contributed by atoms with E-state index in [1.807, 2.05) is 30.3 Å². The zero-order valence-corrected chi connectivity index (χ0v) is 25.6. The van der Waals surface area contributed by atoms with Crippen molar-refractivity contribution in [2.75, 3.05) is 0 Å². The van der Waals surface area contributed by atoms with Gasteiger partial charge in [0, 0.05) is 17.7 Å². The van der Waals surface area contributed by atoms with Gasteiger partial charge in [-0.25, -0.2) is 0 Å². The van der Waals surface area contributed by atoms with Gasteiger partial charge in [0.05, 0.1) is 16.4 Å². The van der Waals surface area contributed by atoms with Crippen LogP contribution in [0.3, 0.4) is 0 Å². The SMILES string of the molecule is O=C(Pc1c(OCc2ccccc2)cc(OCc2ccccc2)cc1OCc1ccccc1)c1c(C(F)(F)F)cccc1C(F)(F)F.[LiH]. The third kappa shape index (κ3) is 9.67. The van der Waals surface area contributed by atoms with Gasteiger partial charge in [-0.2, -0.15) is 26.3 Å². The van der Waals surface area contributed by atoms with Crippen molar-refractivity contribution < 1.29 is 45.3 Å². The summed E-state index contributed by atoms with van der Waals surface area (Å²) in [5.74, 6) is 0.298. The number of carbonyl (C=O) groups excluding carboxylic acids is 1. The van der Waals surface area contributed by atoms with Gasteiger partial charge >= 0.3 is 31.2 Å². The van der Waals surface area contributed by atoms with E-state index in [0.717, 1.165) is 16.7 Å². The van der Waals surface area contributed by atoms with E-state index in [0.29, 0.717) is 18.2 Å². The van der Waals surface area contributed by atoms with E-state index in [9.17, 15) is 31.1 Å². The van der Waals surface area contributed by atoms with Gasteiger partial charge in [-0.3, -0.25) is 4.79 Å². The average molecular weight is 677 g/mol. The molecule has 0 aliphatic rings. The molecule has 0 fully saturated rings. The molecule has 0 aliphatic heterocycles. The first-order valence-electron chi connectivity index (χ1n) is 14.3. The van der Waals surface area contributed by atoms with Gasteiger partial charge in [-0.05, 0) is 37.4 Å². The Morgan fingerprint density at radius 2 is 0.917 bits per heavy atom. The molecule has 0 heterocycles. The quantitative estimate of drug-likeness (QED) is 0.0752. The van der Waals surface area contributed by atoms with Gasteiger partial charge in [0.15, 0.2) is 5.52 Å². The minimum absolute atomic E-state index is 0. The second-order valence-corrected chi connectivity index (χ2v) is 11.5. The molecule has 1 atom stereocenters. The molecular weight excluding hydrogens is 648 g/mol. The molecule has 244 valence electrons. The fourth-order valence-electron chi connectivity index (χ4n) is 4.66. The van der Waals surface area contributed by atoms with Crippen LogP contribution >= 0.6 is 8.58 Å². The van der Waals surface area contributed by atoms with Gasteiger partial charge in [0.2, 0.25) is 0 Å². The van der Waals surface area contributed by atoms with Gasteiger partial charge in [0.1, 0.15) is 37.1 Å². The molecule has 48 heavy (non-hydrogen) atoms. The summed E-state index contributed by atoms with van der Waals surface area (Å²) in [6.45, 7) is 0.116. The van der Waals surface area contributed by atoms with Gasteiger partial charge in [0.25, 0.3) is 0 Å². The Labute approximate surface area is 287 Å². The number of carbonyl (C=O) groups is 1. The molecule has 0 aromatic heterocycles. The van der Waals surface area contributed by atoms with Crippen molar-refractivity contribution in [3.8, 4) is 17.2 Å². The molecule has 4 nitrogen and oxygen atoms in total. The minimum atomic E-state index is -5.22. The van der Waals surface area contributed by atoms with E-state index in [4.69, 9.17) is 14.2 Å². The molecule has 5 aromatic carbocycles. The van der Waals surface area contributed by atoms with Crippen LogP contribution in [-0.2, 0) is 32.2 Å². The third-order valence-electron chi connectivity index (χ3n) is 6.90. The Hall–Kier alpha value is -4.22. The van der Waals surface area contributed by atoms with Gasteiger partial charge < -0.3 is 14.2 Å². The van der Waals surface area contributed by atoms with Crippen molar-refractivity contribution in [1.82, 2.24) is 0 Å². The number of hydrogen-bond acceptors (Lipinski definition) is 4. The second kappa shape index (κ2) is 16.3. The summed E-state index contributed by atoms with van der Waals surface area (Å²) in [5.41, 5.74) is -3.88. The van der Waals surface area contributed by atoms with E-state index >= 15 is 0 Å². The Morgan fingerprint density at radius 3 is 1.29 bits per heavy atom. The Kier molecular flexibility index (Phi) is 12.4. The van der Waals surface area contributed by atoms with Crippen molar-refractivity contribution in [3.63, 3.8) is 0 Å². The molecule has 1 unspecified atom stereocenters. The maximum atomic E-state index is 14.0. The van der Waals surface area contributed by atoms with Crippen LogP contribution in [0.1, 0.15) is 38.2 Å². The molecule has 12 heteroatoms. The van der Waals surface area contributed by atoms with Crippen LogP contribution in [0.2, 0.25) is 0 Å². The van der Waals surface area contributed by atoms with Gasteiger partial charge in [-0.1, -0.05) is 97.1 Å². The number of ether oxygens (including phenoxy) is 3. The van der Waals surface area contributed by atoms with Crippen LogP contribution in [0.4, 0.5) is 26.3 Å². The molecule has 0 aliphatic carbocycles. The molecule has 0 spiro atoms. The summed E-state index contributed by atoms with van der Waals surface area (Å²) >= 11 is 0. The van der Waals surface area contributed by atoms with E-state index in [-0.39, 0.29) is 61.2 Å². The van der Waals surface area contributed by atoms with Crippen LogP contribution in [0.15, 0.2) is 121 Å².